The van der Waals surface area contributed by atoms with Crippen LogP contribution in [-0.4, -0.2) is 41.1 Å². The number of sulfonamides is 1. The van der Waals surface area contributed by atoms with Gasteiger partial charge in [0.15, 0.2) is 0 Å². The Labute approximate surface area is 166 Å². The van der Waals surface area contributed by atoms with E-state index in [-0.39, 0.29) is 28.2 Å². The third-order valence-corrected chi connectivity index (χ3v) is 5.64. The Morgan fingerprint density at radius 1 is 1.04 bits per heavy atom. The molecule has 0 unspecified atom stereocenters. The number of rotatable bonds is 9. The predicted molar refractivity (Wildman–Crippen MR) is 107 cm³/mol. The van der Waals surface area contributed by atoms with Crippen LogP contribution in [0, 0.1) is 0 Å². The summed E-state index contributed by atoms with van der Waals surface area (Å²) < 4.78 is 37.8. The van der Waals surface area contributed by atoms with Crippen molar-refractivity contribution in [2.24, 2.45) is 0 Å². The van der Waals surface area contributed by atoms with E-state index in [0.717, 1.165) is 11.3 Å². The predicted octanol–water partition coefficient (Wildman–Crippen LogP) is 2.36. The maximum absolute atomic E-state index is 12.5. The fraction of sp³-hybridized carbons (Fsp3) is 0.350. The molecule has 1 amide bonds. The van der Waals surface area contributed by atoms with Gasteiger partial charge in [0.2, 0.25) is 10.0 Å². The molecule has 0 aliphatic rings. The summed E-state index contributed by atoms with van der Waals surface area (Å²) in [5, 5.41) is 2.81. The number of methoxy groups -OCH3 is 2. The van der Waals surface area contributed by atoms with Crippen molar-refractivity contribution >= 4 is 15.9 Å². The first kappa shape index (κ1) is 21.7. The first-order valence-corrected chi connectivity index (χ1v) is 10.4. The topological polar surface area (TPSA) is 93.7 Å². The third kappa shape index (κ3) is 5.71. The Kier molecular flexibility index (Phi) is 7.42. The van der Waals surface area contributed by atoms with Crippen LogP contribution in [0.4, 0.5) is 0 Å². The molecule has 2 N–H and O–H groups in total. The average molecular weight is 407 g/mol. The van der Waals surface area contributed by atoms with Crippen LogP contribution in [0.25, 0.3) is 0 Å². The van der Waals surface area contributed by atoms with Gasteiger partial charge in [0.25, 0.3) is 5.91 Å². The minimum absolute atomic E-state index is 0.0634. The maximum Gasteiger partial charge on any atom is 0.251 e. The summed E-state index contributed by atoms with van der Waals surface area (Å²) in [6, 6.07) is 11.6. The maximum atomic E-state index is 12.5. The molecule has 0 atom stereocenters. The van der Waals surface area contributed by atoms with Gasteiger partial charge in [-0.05, 0) is 56.2 Å². The van der Waals surface area contributed by atoms with Crippen molar-refractivity contribution in [2.45, 2.75) is 31.2 Å². The fourth-order valence-corrected chi connectivity index (χ4v) is 4.06. The molecule has 0 heterocycles. The van der Waals surface area contributed by atoms with Gasteiger partial charge in [-0.1, -0.05) is 12.1 Å². The molecule has 28 heavy (non-hydrogen) atoms. The first-order valence-electron chi connectivity index (χ1n) is 8.88. The van der Waals surface area contributed by atoms with Gasteiger partial charge in [-0.2, -0.15) is 0 Å². The third-order valence-electron chi connectivity index (χ3n) is 3.96. The van der Waals surface area contributed by atoms with Gasteiger partial charge >= 0.3 is 0 Å². The Balaban J connectivity index is 2.09. The van der Waals surface area contributed by atoms with Crippen molar-refractivity contribution in [2.75, 3.05) is 20.8 Å². The molecule has 0 radical (unpaired) electrons. The number of carbonyl (C=O) groups excluding carboxylic acids is 1. The zero-order valence-corrected chi connectivity index (χ0v) is 17.3. The van der Waals surface area contributed by atoms with Gasteiger partial charge in [0.05, 0.1) is 14.2 Å². The van der Waals surface area contributed by atoms with Crippen LogP contribution in [0.1, 0.15) is 29.8 Å². The Hall–Kier alpha value is -2.58. The van der Waals surface area contributed by atoms with E-state index in [2.05, 4.69) is 10.0 Å². The minimum Gasteiger partial charge on any atom is -0.497 e. The fourth-order valence-electron chi connectivity index (χ4n) is 2.62. The summed E-state index contributed by atoms with van der Waals surface area (Å²) in [4.78, 5) is 12.4. The molecule has 0 aliphatic carbocycles. The molecule has 152 valence electrons. The molecule has 2 rings (SSSR count). The number of nitrogens with one attached hydrogen (secondary N) is 2. The Morgan fingerprint density at radius 3 is 2.29 bits per heavy atom. The van der Waals surface area contributed by atoms with E-state index in [4.69, 9.17) is 9.47 Å². The SMILES string of the molecule is COc1ccc(CCNC(=O)c2ccc(OC)c(S(=O)(=O)NC(C)C)c2)cc1. The zero-order valence-electron chi connectivity index (χ0n) is 16.5. The highest BCUT2D eigenvalue weighted by molar-refractivity contribution is 7.89. The quantitative estimate of drug-likeness (QED) is 0.667. The molecule has 0 saturated heterocycles. The zero-order chi connectivity index (χ0) is 20.7. The second kappa shape index (κ2) is 9.57. The Morgan fingerprint density at radius 2 is 1.71 bits per heavy atom. The number of hydrogen-bond acceptors (Lipinski definition) is 5. The number of hydrogen-bond donors (Lipinski definition) is 2. The van der Waals surface area contributed by atoms with Crippen molar-refractivity contribution in [3.05, 3.63) is 53.6 Å². The monoisotopic (exact) mass is 406 g/mol. The molecular weight excluding hydrogens is 380 g/mol. The van der Waals surface area contributed by atoms with E-state index in [1.807, 2.05) is 24.3 Å². The summed E-state index contributed by atoms with van der Waals surface area (Å²) in [6.07, 6.45) is 0.645. The van der Waals surface area contributed by atoms with Crippen LogP contribution in [0.15, 0.2) is 47.4 Å². The first-order chi connectivity index (χ1) is 13.3. The number of ether oxygens (including phenoxy) is 2. The lowest BCUT2D eigenvalue weighted by Crippen LogP contribution is -2.31. The molecule has 0 saturated carbocycles. The van der Waals surface area contributed by atoms with Crippen LogP contribution in [0.5, 0.6) is 11.5 Å². The van der Waals surface area contributed by atoms with Gasteiger partial charge in [0.1, 0.15) is 16.4 Å². The van der Waals surface area contributed by atoms with Gasteiger partial charge in [-0.3, -0.25) is 4.79 Å². The van der Waals surface area contributed by atoms with Gasteiger partial charge in [-0.15, -0.1) is 0 Å². The van der Waals surface area contributed by atoms with E-state index in [1.54, 1.807) is 21.0 Å². The molecule has 0 aliphatic heterocycles. The number of benzene rings is 2. The van der Waals surface area contributed by atoms with E-state index in [1.165, 1.54) is 25.3 Å². The molecule has 0 fully saturated rings. The summed E-state index contributed by atoms with van der Waals surface area (Å²) in [6.45, 7) is 3.86. The van der Waals surface area contributed by atoms with Crippen LogP contribution >= 0.6 is 0 Å². The van der Waals surface area contributed by atoms with E-state index >= 15 is 0 Å². The van der Waals surface area contributed by atoms with Crippen LogP contribution < -0.4 is 19.5 Å². The average Bonchev–Trinajstić information content (AvgIpc) is 2.67. The summed E-state index contributed by atoms with van der Waals surface area (Å²) in [7, 11) is -0.802. The van der Waals surface area contributed by atoms with Crippen molar-refractivity contribution in [3.63, 3.8) is 0 Å². The minimum atomic E-state index is -3.80. The van der Waals surface area contributed by atoms with E-state index < -0.39 is 10.0 Å². The van der Waals surface area contributed by atoms with Crippen molar-refractivity contribution < 1.29 is 22.7 Å². The molecule has 0 aromatic heterocycles. The summed E-state index contributed by atoms with van der Waals surface area (Å²) in [5.74, 6) is 0.606. The Bertz CT molecular complexity index is 909. The van der Waals surface area contributed by atoms with Crippen molar-refractivity contribution in [1.29, 1.82) is 0 Å². The molecule has 2 aromatic rings. The van der Waals surface area contributed by atoms with Crippen molar-refractivity contribution in [1.82, 2.24) is 10.0 Å². The standard InChI is InChI=1S/C20H26N2O5S/c1-14(2)22-28(24,25)19-13-16(7-10-18(19)27-4)20(23)21-12-11-15-5-8-17(26-3)9-6-15/h5-10,13-14,22H,11-12H2,1-4H3,(H,21,23). The van der Waals surface area contributed by atoms with Crippen LogP contribution in [0.2, 0.25) is 0 Å². The van der Waals surface area contributed by atoms with E-state index in [0.29, 0.717) is 13.0 Å². The normalized spacial score (nSPS) is 11.3. The molecular formula is C20H26N2O5S. The van der Waals surface area contributed by atoms with Crippen LogP contribution in [-0.2, 0) is 16.4 Å². The molecule has 0 spiro atoms. The largest absolute Gasteiger partial charge is 0.497 e. The van der Waals surface area contributed by atoms with Gasteiger partial charge < -0.3 is 14.8 Å². The highest BCUT2D eigenvalue weighted by atomic mass is 32.2. The highest BCUT2D eigenvalue weighted by Gasteiger charge is 2.22. The second-order valence-electron chi connectivity index (χ2n) is 6.50. The van der Waals surface area contributed by atoms with Gasteiger partial charge in [0, 0.05) is 18.2 Å². The smallest absolute Gasteiger partial charge is 0.251 e. The number of amides is 1. The lowest BCUT2D eigenvalue weighted by molar-refractivity contribution is 0.0954. The summed E-state index contributed by atoms with van der Waals surface area (Å²) in [5.41, 5.74) is 1.31. The van der Waals surface area contributed by atoms with Crippen molar-refractivity contribution in [3.8, 4) is 11.5 Å². The molecule has 8 heteroatoms. The second-order valence-corrected chi connectivity index (χ2v) is 8.18. The lowest BCUT2D eigenvalue weighted by atomic mass is 10.1. The summed E-state index contributed by atoms with van der Waals surface area (Å²) >= 11 is 0. The molecule has 2 aromatic carbocycles. The highest BCUT2D eigenvalue weighted by Crippen LogP contribution is 2.25. The molecule has 7 nitrogen and oxygen atoms in total. The molecule has 0 bridgehead atoms. The number of carbonyl (C=O) groups is 1. The lowest BCUT2D eigenvalue weighted by Gasteiger charge is -2.14. The van der Waals surface area contributed by atoms with Crippen LogP contribution in [0.3, 0.4) is 0 Å². The van der Waals surface area contributed by atoms with E-state index in [9.17, 15) is 13.2 Å². The van der Waals surface area contributed by atoms with Gasteiger partial charge in [-0.25, -0.2) is 13.1 Å².